The second-order valence-electron chi connectivity index (χ2n) is 9.17. The first kappa shape index (κ1) is 26.2. The highest BCUT2D eigenvalue weighted by Crippen LogP contribution is 2.46. The fourth-order valence-corrected chi connectivity index (χ4v) is 6.03. The Hall–Kier alpha value is -4.37. The molecule has 9 heteroatoms. The first-order valence-electron chi connectivity index (χ1n) is 12.4. The Morgan fingerprint density at radius 2 is 1.72 bits per heavy atom. The smallest absolute Gasteiger partial charge is 0.301 e. The second-order valence-corrected chi connectivity index (χ2v) is 10.2. The fraction of sp³-hybridized carbons (Fsp3) is 0.233. The average molecular weight is 545 g/mol. The van der Waals surface area contributed by atoms with Crippen LogP contribution in [-0.2, 0) is 9.59 Å². The predicted octanol–water partition coefficient (Wildman–Crippen LogP) is 5.96. The number of Topliss-reactive ketones (excluding diaryl/α,β-unsaturated/α-hetero) is 1. The summed E-state index contributed by atoms with van der Waals surface area (Å²) in [7, 11) is 3.04. The zero-order valence-corrected chi connectivity index (χ0v) is 23.1. The maximum Gasteiger partial charge on any atom is 0.301 e. The van der Waals surface area contributed by atoms with Gasteiger partial charge in [0.05, 0.1) is 42.7 Å². The van der Waals surface area contributed by atoms with Crippen LogP contribution in [0.2, 0.25) is 0 Å². The summed E-state index contributed by atoms with van der Waals surface area (Å²) in [6.45, 7) is 6.34. The molecule has 1 atom stereocenters. The van der Waals surface area contributed by atoms with E-state index < -0.39 is 17.7 Å². The molecule has 0 radical (unpaired) electrons. The van der Waals surface area contributed by atoms with Crippen molar-refractivity contribution in [3.63, 3.8) is 0 Å². The minimum atomic E-state index is -0.946. The highest BCUT2D eigenvalue weighted by Gasteiger charge is 2.48. The molecule has 5 rings (SSSR count). The van der Waals surface area contributed by atoms with Gasteiger partial charge in [-0.1, -0.05) is 23.5 Å². The summed E-state index contributed by atoms with van der Waals surface area (Å²) in [6.07, 6.45) is 0. The maximum atomic E-state index is 13.6. The number of aryl methyl sites for hydroxylation is 2. The molecule has 8 nitrogen and oxygen atoms in total. The lowest BCUT2D eigenvalue weighted by Gasteiger charge is -2.23. The molecular formula is C30H28N2O6S. The van der Waals surface area contributed by atoms with Gasteiger partial charge < -0.3 is 19.3 Å². The first-order chi connectivity index (χ1) is 18.8. The maximum absolute atomic E-state index is 13.6. The summed E-state index contributed by atoms with van der Waals surface area (Å²) in [5.41, 5.74) is 3.72. The van der Waals surface area contributed by atoms with E-state index in [0.717, 1.165) is 21.3 Å². The van der Waals surface area contributed by atoms with Gasteiger partial charge >= 0.3 is 5.91 Å². The third-order valence-electron chi connectivity index (χ3n) is 6.63. The van der Waals surface area contributed by atoms with Crippen LogP contribution in [0, 0.1) is 13.8 Å². The standard InChI is InChI=1S/C30H28N2O6S/c1-6-38-20-10-7-18(8-11-20)27(33)24-26(19-9-12-21(36-4)22(15-19)37-5)32(29(35)28(24)34)30-31-25-17(3)13-16(2)14-23(25)39-30/h7-15,26,33H,6H2,1-5H3. The quantitative estimate of drug-likeness (QED) is 0.174. The van der Waals surface area contributed by atoms with E-state index in [1.807, 2.05) is 32.9 Å². The van der Waals surface area contributed by atoms with Crippen LogP contribution in [0.1, 0.15) is 35.2 Å². The number of anilines is 1. The molecule has 39 heavy (non-hydrogen) atoms. The van der Waals surface area contributed by atoms with Gasteiger partial charge in [-0.25, -0.2) is 4.98 Å². The van der Waals surface area contributed by atoms with E-state index in [2.05, 4.69) is 0 Å². The Kier molecular flexibility index (Phi) is 7.01. The van der Waals surface area contributed by atoms with Gasteiger partial charge in [-0.2, -0.15) is 0 Å². The summed E-state index contributed by atoms with van der Waals surface area (Å²) in [4.78, 5) is 33.3. The summed E-state index contributed by atoms with van der Waals surface area (Å²) in [5, 5.41) is 11.8. The number of ether oxygens (including phenoxy) is 3. The number of nitrogens with zero attached hydrogens (tertiary/aromatic N) is 2. The van der Waals surface area contributed by atoms with E-state index in [1.54, 1.807) is 42.5 Å². The molecule has 0 spiro atoms. The third kappa shape index (κ3) is 4.59. The van der Waals surface area contributed by atoms with E-state index in [4.69, 9.17) is 19.2 Å². The molecule has 1 fully saturated rings. The third-order valence-corrected chi connectivity index (χ3v) is 7.63. The number of rotatable bonds is 7. The van der Waals surface area contributed by atoms with Gasteiger partial charge in [0, 0.05) is 5.56 Å². The normalized spacial score (nSPS) is 16.6. The highest BCUT2D eigenvalue weighted by atomic mass is 32.1. The number of hydrogen-bond donors (Lipinski definition) is 1. The SMILES string of the molecule is CCOc1ccc(C(O)=C2C(=O)C(=O)N(c3nc4c(C)cc(C)cc4s3)C2c2ccc(OC)c(OC)c2)cc1. The number of aromatic nitrogens is 1. The minimum absolute atomic E-state index is 0.0384. The van der Waals surface area contributed by atoms with E-state index >= 15 is 0 Å². The Balaban J connectivity index is 1.72. The van der Waals surface area contributed by atoms with Gasteiger partial charge in [0.2, 0.25) is 0 Å². The number of thiazole rings is 1. The van der Waals surface area contributed by atoms with Crippen molar-refractivity contribution in [3.8, 4) is 17.2 Å². The number of fused-ring (bicyclic) bond motifs is 1. The molecule has 0 saturated carbocycles. The van der Waals surface area contributed by atoms with Crippen molar-refractivity contribution >= 4 is 44.1 Å². The number of carbonyl (C=O) groups is 2. The molecule has 1 amide bonds. The predicted molar refractivity (Wildman–Crippen MR) is 151 cm³/mol. The molecule has 1 aliphatic heterocycles. The number of carbonyl (C=O) groups excluding carboxylic acids is 2. The molecule has 1 aromatic heterocycles. The molecule has 1 saturated heterocycles. The summed E-state index contributed by atoms with van der Waals surface area (Å²) < 4.78 is 17.3. The van der Waals surface area contributed by atoms with Crippen molar-refractivity contribution in [2.24, 2.45) is 0 Å². The molecule has 0 bridgehead atoms. The molecule has 0 aliphatic carbocycles. The van der Waals surface area contributed by atoms with Crippen LogP contribution < -0.4 is 19.1 Å². The molecule has 3 aromatic carbocycles. The van der Waals surface area contributed by atoms with Crippen LogP contribution in [0.5, 0.6) is 17.2 Å². The molecule has 2 heterocycles. The lowest BCUT2D eigenvalue weighted by Crippen LogP contribution is -2.29. The molecule has 1 aliphatic rings. The minimum Gasteiger partial charge on any atom is -0.507 e. The second kappa shape index (κ2) is 10.4. The van der Waals surface area contributed by atoms with Gasteiger partial charge in [-0.3, -0.25) is 14.5 Å². The van der Waals surface area contributed by atoms with Crippen molar-refractivity contribution in [1.29, 1.82) is 0 Å². The fourth-order valence-electron chi connectivity index (χ4n) is 4.86. The van der Waals surface area contributed by atoms with Crippen molar-refractivity contribution in [3.05, 3.63) is 82.4 Å². The lowest BCUT2D eigenvalue weighted by molar-refractivity contribution is -0.132. The van der Waals surface area contributed by atoms with E-state index in [9.17, 15) is 14.7 Å². The Morgan fingerprint density at radius 1 is 1.00 bits per heavy atom. The summed E-state index contributed by atoms with van der Waals surface area (Å²) >= 11 is 1.33. The molecule has 1 unspecified atom stereocenters. The van der Waals surface area contributed by atoms with Crippen LogP contribution in [-0.4, -0.2) is 42.6 Å². The number of aliphatic hydroxyl groups excluding tert-OH is 1. The summed E-state index contributed by atoms with van der Waals surface area (Å²) in [5.74, 6) is -0.296. The number of amides is 1. The van der Waals surface area contributed by atoms with Gasteiger partial charge in [0.1, 0.15) is 11.5 Å². The van der Waals surface area contributed by atoms with Crippen molar-refractivity contribution < 1.29 is 28.9 Å². The van der Waals surface area contributed by atoms with Crippen molar-refractivity contribution in [2.75, 3.05) is 25.7 Å². The molecule has 200 valence electrons. The Bertz CT molecular complexity index is 1620. The van der Waals surface area contributed by atoms with Gasteiger partial charge in [0.25, 0.3) is 5.78 Å². The Labute approximate surface area is 230 Å². The number of aliphatic hydroxyl groups is 1. The molecular weight excluding hydrogens is 516 g/mol. The number of methoxy groups -OCH3 is 2. The number of benzene rings is 3. The average Bonchev–Trinajstić information content (AvgIpc) is 3.47. The van der Waals surface area contributed by atoms with E-state index in [0.29, 0.717) is 40.1 Å². The zero-order chi connectivity index (χ0) is 27.8. The highest BCUT2D eigenvalue weighted by molar-refractivity contribution is 7.22. The molecule has 4 aromatic rings. The largest absolute Gasteiger partial charge is 0.507 e. The van der Waals surface area contributed by atoms with Crippen LogP contribution >= 0.6 is 11.3 Å². The van der Waals surface area contributed by atoms with Gasteiger partial charge in [0.15, 0.2) is 16.6 Å². The summed E-state index contributed by atoms with van der Waals surface area (Å²) in [6, 6.07) is 15.0. The van der Waals surface area contributed by atoms with Crippen molar-refractivity contribution in [2.45, 2.75) is 26.8 Å². The van der Waals surface area contributed by atoms with E-state index in [-0.39, 0.29) is 11.3 Å². The first-order valence-corrected chi connectivity index (χ1v) is 13.2. The van der Waals surface area contributed by atoms with E-state index in [1.165, 1.54) is 30.5 Å². The van der Waals surface area contributed by atoms with Crippen LogP contribution in [0.25, 0.3) is 16.0 Å². The zero-order valence-electron chi connectivity index (χ0n) is 22.3. The number of hydrogen-bond acceptors (Lipinski definition) is 8. The van der Waals surface area contributed by atoms with Crippen LogP contribution in [0.15, 0.2) is 60.2 Å². The molecule has 1 N–H and O–H groups in total. The van der Waals surface area contributed by atoms with Crippen molar-refractivity contribution in [1.82, 2.24) is 4.98 Å². The Morgan fingerprint density at radius 3 is 2.38 bits per heavy atom. The van der Waals surface area contributed by atoms with Gasteiger partial charge in [-0.15, -0.1) is 0 Å². The van der Waals surface area contributed by atoms with Crippen LogP contribution in [0.3, 0.4) is 0 Å². The number of ketones is 1. The lowest BCUT2D eigenvalue weighted by atomic mass is 9.95. The van der Waals surface area contributed by atoms with Crippen LogP contribution in [0.4, 0.5) is 5.13 Å². The monoisotopic (exact) mass is 544 g/mol. The van der Waals surface area contributed by atoms with Gasteiger partial charge in [-0.05, 0) is 79.9 Å². The topological polar surface area (TPSA) is 98.2 Å².